The first-order chi connectivity index (χ1) is 13.8. The number of methoxy groups -OCH3 is 2. The summed E-state index contributed by atoms with van der Waals surface area (Å²) in [7, 11) is 3.11. The Morgan fingerprint density at radius 3 is 2.38 bits per heavy atom. The number of benzene rings is 2. The molecule has 2 aromatic carbocycles. The fourth-order valence-electron chi connectivity index (χ4n) is 3.56. The topological polar surface area (TPSA) is 71.1 Å². The maximum absolute atomic E-state index is 12.0. The molecule has 2 aromatic rings. The molecule has 3 rings (SSSR count). The summed E-state index contributed by atoms with van der Waals surface area (Å²) in [6.45, 7) is 5.06. The minimum Gasteiger partial charge on any atom is -0.493 e. The molecule has 0 aromatic heterocycles. The number of hydrogen-bond acceptors (Lipinski definition) is 6. The number of ether oxygens (including phenoxy) is 4. The summed E-state index contributed by atoms with van der Waals surface area (Å²) in [5.74, 6) is 1.29. The van der Waals surface area contributed by atoms with Crippen LogP contribution in [0.3, 0.4) is 0 Å². The molecular weight excluding hydrogens is 372 g/mol. The molecule has 6 heteroatoms. The SMILES string of the molecule is COc1ccc(-c2ccc3c(c2)CCC3=O)c(OCC(C)(C)OC(C)=O)c1OC. The maximum Gasteiger partial charge on any atom is 0.303 e. The molecule has 0 N–H and O–H groups in total. The van der Waals surface area contributed by atoms with Crippen molar-refractivity contribution >= 4 is 11.8 Å². The minimum atomic E-state index is -0.818. The second-order valence-electron chi connectivity index (χ2n) is 7.61. The molecule has 0 fully saturated rings. The zero-order valence-corrected chi connectivity index (χ0v) is 17.5. The zero-order valence-electron chi connectivity index (χ0n) is 17.5. The first kappa shape index (κ1) is 20.7. The van der Waals surface area contributed by atoms with Crippen LogP contribution < -0.4 is 14.2 Å². The van der Waals surface area contributed by atoms with Gasteiger partial charge in [0, 0.05) is 24.5 Å². The molecule has 0 saturated heterocycles. The Morgan fingerprint density at radius 2 is 1.72 bits per heavy atom. The van der Waals surface area contributed by atoms with E-state index in [2.05, 4.69) is 0 Å². The molecule has 1 aliphatic carbocycles. The number of rotatable bonds is 7. The fourth-order valence-corrected chi connectivity index (χ4v) is 3.56. The lowest BCUT2D eigenvalue weighted by atomic mass is 9.99. The third kappa shape index (κ3) is 4.36. The van der Waals surface area contributed by atoms with E-state index in [0.29, 0.717) is 23.7 Å². The molecule has 0 amide bonds. The summed E-state index contributed by atoms with van der Waals surface area (Å²) >= 11 is 0. The summed E-state index contributed by atoms with van der Waals surface area (Å²) in [6.07, 6.45) is 1.29. The van der Waals surface area contributed by atoms with Crippen molar-refractivity contribution in [2.24, 2.45) is 0 Å². The van der Waals surface area contributed by atoms with Gasteiger partial charge < -0.3 is 18.9 Å². The molecule has 6 nitrogen and oxygen atoms in total. The molecule has 1 aliphatic rings. The highest BCUT2D eigenvalue weighted by Crippen LogP contribution is 2.45. The van der Waals surface area contributed by atoms with Crippen LogP contribution in [0.4, 0.5) is 0 Å². The average molecular weight is 398 g/mol. The molecule has 0 bridgehead atoms. The highest BCUT2D eigenvalue weighted by Gasteiger charge is 2.26. The molecular formula is C23H26O6. The Bertz CT molecular complexity index is 945. The van der Waals surface area contributed by atoms with Crippen LogP contribution in [-0.2, 0) is 16.0 Å². The van der Waals surface area contributed by atoms with Gasteiger partial charge in [-0.05, 0) is 43.5 Å². The molecule has 154 valence electrons. The number of hydrogen-bond donors (Lipinski definition) is 0. The van der Waals surface area contributed by atoms with Gasteiger partial charge in [0.25, 0.3) is 0 Å². The highest BCUT2D eigenvalue weighted by atomic mass is 16.6. The van der Waals surface area contributed by atoms with E-state index in [9.17, 15) is 9.59 Å². The van der Waals surface area contributed by atoms with Gasteiger partial charge in [-0.3, -0.25) is 9.59 Å². The number of esters is 1. The molecule has 0 spiro atoms. The number of aryl methyl sites for hydroxylation is 1. The monoisotopic (exact) mass is 398 g/mol. The molecule has 0 unspecified atom stereocenters. The largest absolute Gasteiger partial charge is 0.493 e. The van der Waals surface area contributed by atoms with Gasteiger partial charge in [-0.25, -0.2) is 0 Å². The lowest BCUT2D eigenvalue weighted by molar-refractivity contribution is -0.156. The van der Waals surface area contributed by atoms with E-state index in [1.54, 1.807) is 28.1 Å². The van der Waals surface area contributed by atoms with Gasteiger partial charge in [0.2, 0.25) is 5.75 Å². The number of carbonyl (C=O) groups is 2. The summed E-state index contributed by atoms with van der Waals surface area (Å²) in [5.41, 5.74) is 2.73. The predicted molar refractivity (Wildman–Crippen MR) is 109 cm³/mol. The van der Waals surface area contributed by atoms with Crippen molar-refractivity contribution in [1.82, 2.24) is 0 Å². The van der Waals surface area contributed by atoms with E-state index in [4.69, 9.17) is 18.9 Å². The quantitative estimate of drug-likeness (QED) is 0.651. The maximum atomic E-state index is 12.0. The van der Waals surface area contributed by atoms with Crippen molar-refractivity contribution < 1.29 is 28.5 Å². The van der Waals surface area contributed by atoms with Crippen LogP contribution >= 0.6 is 0 Å². The van der Waals surface area contributed by atoms with Gasteiger partial charge in [0.1, 0.15) is 12.2 Å². The Labute approximate surface area is 170 Å². The predicted octanol–water partition coefficient (Wildman–Crippen LogP) is 4.22. The highest BCUT2D eigenvalue weighted by molar-refractivity contribution is 6.01. The van der Waals surface area contributed by atoms with Crippen molar-refractivity contribution in [1.29, 1.82) is 0 Å². The van der Waals surface area contributed by atoms with Crippen LogP contribution in [0.15, 0.2) is 30.3 Å². The van der Waals surface area contributed by atoms with Crippen LogP contribution in [0.25, 0.3) is 11.1 Å². The number of fused-ring (bicyclic) bond motifs is 1. The normalized spacial score (nSPS) is 13.1. The van der Waals surface area contributed by atoms with Gasteiger partial charge >= 0.3 is 5.97 Å². The molecule has 0 heterocycles. The van der Waals surface area contributed by atoms with Crippen LogP contribution in [0, 0.1) is 0 Å². The van der Waals surface area contributed by atoms with Gasteiger partial charge in [-0.2, -0.15) is 0 Å². The number of Topliss-reactive ketones (excluding diaryl/α,β-unsaturated/α-hetero) is 1. The molecule has 0 saturated carbocycles. The number of ketones is 1. The smallest absolute Gasteiger partial charge is 0.303 e. The van der Waals surface area contributed by atoms with Gasteiger partial charge in [0.15, 0.2) is 17.3 Å². The molecule has 0 atom stereocenters. The summed E-state index contributed by atoms with van der Waals surface area (Å²) in [5, 5.41) is 0. The third-order valence-corrected chi connectivity index (χ3v) is 4.82. The van der Waals surface area contributed by atoms with Crippen molar-refractivity contribution in [3.63, 3.8) is 0 Å². The Balaban J connectivity index is 2.03. The second kappa shape index (κ2) is 8.15. The van der Waals surface area contributed by atoms with E-state index in [0.717, 1.165) is 28.7 Å². The van der Waals surface area contributed by atoms with Crippen LogP contribution in [0.2, 0.25) is 0 Å². The van der Waals surface area contributed by atoms with Crippen LogP contribution in [0.5, 0.6) is 17.2 Å². The van der Waals surface area contributed by atoms with Gasteiger partial charge in [0.05, 0.1) is 14.2 Å². The van der Waals surface area contributed by atoms with E-state index < -0.39 is 5.60 Å². The lowest BCUT2D eigenvalue weighted by Gasteiger charge is -2.26. The second-order valence-corrected chi connectivity index (χ2v) is 7.61. The Hall–Kier alpha value is -3.02. The number of carbonyl (C=O) groups excluding carboxylic acids is 2. The van der Waals surface area contributed by atoms with Gasteiger partial charge in [-0.15, -0.1) is 0 Å². The Kier molecular flexibility index (Phi) is 5.82. The first-order valence-corrected chi connectivity index (χ1v) is 9.49. The van der Waals surface area contributed by atoms with Crippen LogP contribution in [0.1, 0.15) is 43.1 Å². The molecule has 29 heavy (non-hydrogen) atoms. The van der Waals surface area contributed by atoms with Crippen LogP contribution in [-0.4, -0.2) is 38.2 Å². The molecule has 0 aliphatic heterocycles. The van der Waals surface area contributed by atoms with E-state index in [1.165, 1.54) is 6.92 Å². The lowest BCUT2D eigenvalue weighted by Crippen LogP contribution is -2.34. The van der Waals surface area contributed by atoms with Crippen molar-refractivity contribution in [2.45, 2.75) is 39.2 Å². The summed E-state index contributed by atoms with van der Waals surface area (Å²) in [6, 6.07) is 9.51. The average Bonchev–Trinajstić information content (AvgIpc) is 3.04. The molecule has 0 radical (unpaired) electrons. The fraction of sp³-hybridized carbons (Fsp3) is 0.391. The van der Waals surface area contributed by atoms with Crippen molar-refractivity contribution in [2.75, 3.05) is 20.8 Å². The Morgan fingerprint density at radius 1 is 1.00 bits per heavy atom. The summed E-state index contributed by atoms with van der Waals surface area (Å²) < 4.78 is 22.4. The van der Waals surface area contributed by atoms with Crippen molar-refractivity contribution in [3.05, 3.63) is 41.5 Å². The van der Waals surface area contributed by atoms with E-state index in [-0.39, 0.29) is 18.4 Å². The minimum absolute atomic E-state index is 0.131. The van der Waals surface area contributed by atoms with E-state index in [1.807, 2.05) is 30.3 Å². The van der Waals surface area contributed by atoms with Crippen molar-refractivity contribution in [3.8, 4) is 28.4 Å². The van der Waals surface area contributed by atoms with E-state index >= 15 is 0 Å². The zero-order chi connectivity index (χ0) is 21.2. The van der Waals surface area contributed by atoms with Gasteiger partial charge in [-0.1, -0.05) is 18.2 Å². The standard InChI is InChI=1S/C23H26O6/c1-14(24)29-23(2,3)13-28-21-18(9-11-20(26-4)22(21)27-5)16-6-8-17-15(12-16)7-10-19(17)25/h6,8-9,11-12H,7,10,13H2,1-5H3. The third-order valence-electron chi connectivity index (χ3n) is 4.82. The summed E-state index contributed by atoms with van der Waals surface area (Å²) in [4.78, 5) is 23.3. The first-order valence-electron chi connectivity index (χ1n) is 9.49.